The van der Waals surface area contributed by atoms with Gasteiger partial charge in [-0.2, -0.15) is 0 Å². The second-order valence-corrected chi connectivity index (χ2v) is 11.4. The molecule has 0 saturated heterocycles. The third-order valence-electron chi connectivity index (χ3n) is 6.79. The quantitative estimate of drug-likeness (QED) is 0.566. The topological polar surface area (TPSA) is 88.2 Å². The van der Waals surface area contributed by atoms with Gasteiger partial charge in [0.05, 0.1) is 20.6 Å². The molecule has 2 aliphatic rings. The summed E-state index contributed by atoms with van der Waals surface area (Å²) in [6.07, 6.45) is 4.91. The highest BCUT2D eigenvalue weighted by atomic mass is 32.2. The van der Waals surface area contributed by atoms with E-state index in [4.69, 9.17) is 0 Å². The van der Waals surface area contributed by atoms with Crippen LogP contribution in [0.3, 0.4) is 0 Å². The van der Waals surface area contributed by atoms with Gasteiger partial charge in [0.1, 0.15) is 0 Å². The first-order valence-electron chi connectivity index (χ1n) is 10.7. The number of hydrogen-bond donors (Lipinski definition) is 2. The first-order valence-corrected chi connectivity index (χ1v) is 13.0. The summed E-state index contributed by atoms with van der Waals surface area (Å²) in [7, 11) is -3.60. The van der Waals surface area contributed by atoms with Gasteiger partial charge in [-0.1, -0.05) is 6.42 Å². The molecule has 162 valence electrons. The van der Waals surface area contributed by atoms with Gasteiger partial charge in [-0.3, -0.25) is 4.79 Å². The van der Waals surface area contributed by atoms with Gasteiger partial charge in [0, 0.05) is 17.3 Å². The fourth-order valence-corrected chi connectivity index (χ4v) is 7.23. The molecule has 5 rings (SSSR count). The summed E-state index contributed by atoms with van der Waals surface area (Å²) < 4.78 is 29.5. The molecule has 4 unspecified atom stereocenters. The lowest BCUT2D eigenvalue weighted by molar-refractivity contribution is 0.102. The van der Waals surface area contributed by atoms with Crippen molar-refractivity contribution in [3.05, 3.63) is 53.5 Å². The van der Waals surface area contributed by atoms with Crippen LogP contribution in [0.1, 0.15) is 43.0 Å². The molecule has 0 aliphatic heterocycles. The average Bonchev–Trinajstić information content (AvgIpc) is 3.50. The number of carbonyl (C=O) groups is 1. The fourth-order valence-electron chi connectivity index (χ4n) is 5.22. The molecule has 2 aliphatic carbocycles. The van der Waals surface area contributed by atoms with Crippen molar-refractivity contribution in [1.82, 2.24) is 9.71 Å². The Labute approximate surface area is 186 Å². The molecule has 2 N–H and O–H groups in total. The number of carbonyl (C=O) groups excluding carboxylic acids is 1. The largest absolute Gasteiger partial charge is 0.322 e. The second kappa shape index (κ2) is 8.00. The number of anilines is 1. The van der Waals surface area contributed by atoms with Gasteiger partial charge in [-0.05, 0) is 86.4 Å². The predicted molar refractivity (Wildman–Crippen MR) is 123 cm³/mol. The standard InChI is InChI=1S/C23H25N3O3S2/c1-14(20-11-15-2-3-16(20)10-15)26-31(28,29)19-7-5-18(6-8-19)25-23(27)17-4-9-21-22(12-17)30-13-24-21/h4-9,12-16,20,26H,2-3,10-11H2,1H3,(H,25,27). The van der Waals surface area contributed by atoms with Crippen LogP contribution in [-0.4, -0.2) is 25.4 Å². The Bertz CT molecular complexity index is 1220. The molecule has 2 aromatic carbocycles. The normalized spacial score (nSPS) is 23.8. The smallest absolute Gasteiger partial charge is 0.255 e. The number of amides is 1. The lowest BCUT2D eigenvalue weighted by atomic mass is 9.84. The molecule has 8 heteroatoms. The molecular weight excluding hydrogens is 430 g/mol. The number of rotatable bonds is 6. The minimum absolute atomic E-state index is 0.0682. The highest BCUT2D eigenvalue weighted by Crippen LogP contribution is 2.49. The van der Waals surface area contributed by atoms with Crippen LogP contribution < -0.4 is 10.0 Å². The summed E-state index contributed by atoms with van der Waals surface area (Å²) in [6, 6.07) is 11.6. The van der Waals surface area contributed by atoms with E-state index >= 15 is 0 Å². The third kappa shape index (κ3) is 4.12. The fraction of sp³-hybridized carbons (Fsp3) is 0.391. The lowest BCUT2D eigenvalue weighted by Gasteiger charge is -2.28. The summed E-state index contributed by atoms with van der Waals surface area (Å²) >= 11 is 1.48. The molecule has 1 aromatic heterocycles. The zero-order valence-corrected chi connectivity index (χ0v) is 18.9. The first-order chi connectivity index (χ1) is 14.9. The Morgan fingerprint density at radius 3 is 2.65 bits per heavy atom. The number of sulfonamides is 1. The Balaban J connectivity index is 1.25. The van der Waals surface area contributed by atoms with E-state index < -0.39 is 10.0 Å². The molecule has 2 saturated carbocycles. The van der Waals surface area contributed by atoms with Crippen LogP contribution in [0.15, 0.2) is 52.9 Å². The van der Waals surface area contributed by atoms with Crippen LogP contribution in [0.25, 0.3) is 10.2 Å². The van der Waals surface area contributed by atoms with Gasteiger partial charge < -0.3 is 5.32 Å². The van der Waals surface area contributed by atoms with Crippen molar-refractivity contribution >= 4 is 43.2 Å². The summed E-state index contributed by atoms with van der Waals surface area (Å²) in [5.74, 6) is 1.63. The summed E-state index contributed by atoms with van der Waals surface area (Å²) in [4.78, 5) is 17.0. The van der Waals surface area contributed by atoms with Crippen LogP contribution >= 0.6 is 11.3 Å². The number of benzene rings is 2. The molecule has 2 fully saturated rings. The molecule has 1 heterocycles. The van der Waals surface area contributed by atoms with Gasteiger partial charge in [0.25, 0.3) is 5.91 Å². The molecule has 0 spiro atoms. The van der Waals surface area contributed by atoms with Crippen molar-refractivity contribution in [2.24, 2.45) is 17.8 Å². The van der Waals surface area contributed by atoms with Crippen LogP contribution in [-0.2, 0) is 10.0 Å². The van der Waals surface area contributed by atoms with Crippen LogP contribution in [0.4, 0.5) is 5.69 Å². The van der Waals surface area contributed by atoms with Gasteiger partial charge in [-0.15, -0.1) is 11.3 Å². The Morgan fingerprint density at radius 2 is 1.94 bits per heavy atom. The predicted octanol–water partition coefficient (Wildman–Crippen LogP) is 4.65. The van der Waals surface area contributed by atoms with Crippen molar-refractivity contribution in [1.29, 1.82) is 0 Å². The molecule has 6 nitrogen and oxygen atoms in total. The Morgan fingerprint density at radius 1 is 1.13 bits per heavy atom. The summed E-state index contributed by atoms with van der Waals surface area (Å²) in [5.41, 5.74) is 3.70. The van der Waals surface area contributed by atoms with E-state index in [9.17, 15) is 13.2 Å². The van der Waals surface area contributed by atoms with E-state index in [1.807, 2.05) is 19.1 Å². The maximum absolute atomic E-state index is 12.9. The summed E-state index contributed by atoms with van der Waals surface area (Å²) in [5, 5.41) is 2.83. The average molecular weight is 456 g/mol. The zero-order valence-electron chi connectivity index (χ0n) is 17.2. The molecule has 2 bridgehead atoms. The van der Waals surface area contributed by atoms with Crippen molar-refractivity contribution in [3.8, 4) is 0 Å². The van der Waals surface area contributed by atoms with Crippen molar-refractivity contribution in [3.63, 3.8) is 0 Å². The molecule has 3 aromatic rings. The van der Waals surface area contributed by atoms with Crippen molar-refractivity contribution in [2.45, 2.75) is 43.5 Å². The van der Waals surface area contributed by atoms with E-state index in [0.29, 0.717) is 23.1 Å². The number of fused-ring (bicyclic) bond motifs is 3. The monoisotopic (exact) mass is 455 g/mol. The van der Waals surface area contributed by atoms with E-state index in [2.05, 4.69) is 15.0 Å². The van der Waals surface area contributed by atoms with Crippen LogP contribution in [0.5, 0.6) is 0 Å². The highest BCUT2D eigenvalue weighted by molar-refractivity contribution is 7.89. The molecule has 31 heavy (non-hydrogen) atoms. The van der Waals surface area contributed by atoms with Crippen LogP contribution in [0.2, 0.25) is 0 Å². The van der Waals surface area contributed by atoms with Crippen molar-refractivity contribution < 1.29 is 13.2 Å². The van der Waals surface area contributed by atoms with E-state index in [1.165, 1.54) is 42.7 Å². The highest BCUT2D eigenvalue weighted by Gasteiger charge is 2.42. The summed E-state index contributed by atoms with van der Waals surface area (Å²) in [6.45, 7) is 1.98. The minimum atomic E-state index is -3.60. The van der Waals surface area contributed by atoms with Gasteiger partial charge >= 0.3 is 0 Å². The Hall–Kier alpha value is -2.29. The van der Waals surface area contributed by atoms with Crippen LogP contribution in [0, 0.1) is 17.8 Å². The number of nitrogens with zero attached hydrogens (tertiary/aromatic N) is 1. The van der Waals surface area contributed by atoms with Gasteiger partial charge in [0.15, 0.2) is 0 Å². The maximum atomic E-state index is 12.9. The van der Waals surface area contributed by atoms with Gasteiger partial charge in [-0.25, -0.2) is 18.1 Å². The zero-order chi connectivity index (χ0) is 21.6. The third-order valence-corrected chi connectivity index (χ3v) is 9.16. The van der Waals surface area contributed by atoms with E-state index in [0.717, 1.165) is 22.6 Å². The molecule has 1 amide bonds. The maximum Gasteiger partial charge on any atom is 0.255 e. The molecule has 0 radical (unpaired) electrons. The number of thiazole rings is 1. The van der Waals surface area contributed by atoms with Crippen molar-refractivity contribution in [2.75, 3.05) is 5.32 Å². The molecule has 4 atom stereocenters. The van der Waals surface area contributed by atoms with E-state index in [1.54, 1.807) is 23.7 Å². The Kier molecular flexibility index (Phi) is 5.32. The second-order valence-electron chi connectivity index (χ2n) is 8.76. The minimum Gasteiger partial charge on any atom is -0.322 e. The SMILES string of the molecule is CC(NS(=O)(=O)c1ccc(NC(=O)c2ccc3ncsc3c2)cc1)C1CC2CCC1C2. The molecular formula is C23H25N3O3S2. The number of aromatic nitrogens is 1. The lowest BCUT2D eigenvalue weighted by Crippen LogP contribution is -2.40. The van der Waals surface area contributed by atoms with Gasteiger partial charge in [0.2, 0.25) is 10.0 Å². The number of nitrogens with one attached hydrogen (secondary N) is 2. The number of hydrogen-bond acceptors (Lipinski definition) is 5. The van der Waals surface area contributed by atoms with E-state index in [-0.39, 0.29) is 16.8 Å². The first kappa shape index (κ1) is 20.6.